The van der Waals surface area contributed by atoms with Gasteiger partial charge in [-0.1, -0.05) is 39.8 Å². The van der Waals surface area contributed by atoms with Crippen LogP contribution in [0.2, 0.25) is 0 Å². The molecule has 0 spiro atoms. The van der Waals surface area contributed by atoms with Crippen molar-refractivity contribution in [1.82, 2.24) is 5.32 Å². The molecule has 0 heterocycles. The van der Waals surface area contributed by atoms with Gasteiger partial charge in [-0.25, -0.2) is 4.39 Å². The zero-order valence-corrected chi connectivity index (χ0v) is 11.4. The van der Waals surface area contributed by atoms with E-state index < -0.39 is 0 Å². The molecule has 0 fully saturated rings. The van der Waals surface area contributed by atoms with Crippen molar-refractivity contribution in [1.29, 1.82) is 0 Å². The molecule has 1 N–H and O–H groups in total. The van der Waals surface area contributed by atoms with Crippen molar-refractivity contribution < 1.29 is 4.39 Å². The molecule has 17 heavy (non-hydrogen) atoms. The van der Waals surface area contributed by atoms with Crippen molar-refractivity contribution in [3.8, 4) is 0 Å². The van der Waals surface area contributed by atoms with Gasteiger partial charge in [0.25, 0.3) is 0 Å². The number of rotatable bonds is 6. The molecule has 0 radical (unpaired) electrons. The maximum Gasteiger partial charge on any atom is 0.123 e. The minimum absolute atomic E-state index is 0.0199. The fourth-order valence-corrected chi connectivity index (χ4v) is 1.85. The number of halogens is 1. The summed E-state index contributed by atoms with van der Waals surface area (Å²) in [6.45, 7) is 10.7. The number of nitrogens with one attached hydrogen (secondary N) is 1. The van der Waals surface area contributed by atoms with Crippen LogP contribution in [0.5, 0.6) is 0 Å². The smallest absolute Gasteiger partial charge is 0.123 e. The molecule has 0 atom stereocenters. The Balaban J connectivity index is 2.50. The van der Waals surface area contributed by atoms with Gasteiger partial charge in [0.1, 0.15) is 5.82 Å². The first-order valence-electron chi connectivity index (χ1n) is 6.38. The molecule has 0 bridgehead atoms. The highest BCUT2D eigenvalue weighted by Gasteiger charge is 2.20. The van der Waals surface area contributed by atoms with Crippen LogP contribution in [0.4, 0.5) is 4.39 Å². The summed E-state index contributed by atoms with van der Waals surface area (Å²) in [4.78, 5) is 0. The molecule has 1 aromatic carbocycles. The number of benzene rings is 1. The average Bonchev–Trinajstić information content (AvgIpc) is 2.24. The van der Waals surface area contributed by atoms with E-state index in [-0.39, 0.29) is 11.2 Å². The molecule has 96 valence electrons. The lowest BCUT2D eigenvalue weighted by Gasteiger charge is -2.25. The van der Waals surface area contributed by atoms with E-state index in [2.05, 4.69) is 33.0 Å². The highest BCUT2D eigenvalue weighted by Crippen LogP contribution is 2.26. The first kappa shape index (κ1) is 14.2. The summed E-state index contributed by atoms with van der Waals surface area (Å²) in [7, 11) is 0. The van der Waals surface area contributed by atoms with Crippen LogP contribution in [-0.4, -0.2) is 13.1 Å². The van der Waals surface area contributed by atoms with Crippen molar-refractivity contribution in [3.63, 3.8) is 0 Å². The van der Waals surface area contributed by atoms with Crippen molar-refractivity contribution in [2.24, 2.45) is 5.92 Å². The van der Waals surface area contributed by atoms with Crippen LogP contribution in [0.1, 0.15) is 39.7 Å². The molecule has 0 aliphatic rings. The molecule has 0 aliphatic carbocycles. The van der Waals surface area contributed by atoms with Gasteiger partial charge in [0, 0.05) is 0 Å². The fourth-order valence-electron chi connectivity index (χ4n) is 1.85. The van der Waals surface area contributed by atoms with Gasteiger partial charge in [-0.3, -0.25) is 0 Å². The van der Waals surface area contributed by atoms with Gasteiger partial charge in [0.05, 0.1) is 0 Å². The summed E-state index contributed by atoms with van der Waals surface area (Å²) in [5.74, 6) is 0.526. The molecule has 1 aromatic rings. The van der Waals surface area contributed by atoms with E-state index in [1.165, 1.54) is 6.07 Å². The quantitative estimate of drug-likeness (QED) is 0.743. The second-order valence-corrected chi connectivity index (χ2v) is 5.74. The first-order valence-corrected chi connectivity index (χ1v) is 6.38. The summed E-state index contributed by atoms with van der Waals surface area (Å²) in [6.07, 6.45) is 1.02. The Morgan fingerprint density at radius 2 is 2.00 bits per heavy atom. The van der Waals surface area contributed by atoms with Crippen LogP contribution < -0.4 is 5.32 Å². The third-order valence-corrected chi connectivity index (χ3v) is 3.09. The maximum atomic E-state index is 13.2. The molecular weight excluding hydrogens is 213 g/mol. The lowest BCUT2D eigenvalue weighted by Crippen LogP contribution is -2.27. The highest BCUT2D eigenvalue weighted by atomic mass is 19.1. The van der Waals surface area contributed by atoms with Crippen LogP contribution in [0, 0.1) is 11.7 Å². The van der Waals surface area contributed by atoms with E-state index in [1.807, 2.05) is 6.07 Å². The van der Waals surface area contributed by atoms with Gasteiger partial charge in [-0.05, 0) is 48.5 Å². The lowest BCUT2D eigenvalue weighted by molar-refractivity contribution is 0.440. The Morgan fingerprint density at radius 3 is 2.59 bits per heavy atom. The van der Waals surface area contributed by atoms with Crippen molar-refractivity contribution >= 4 is 0 Å². The molecule has 0 saturated carbocycles. The summed E-state index contributed by atoms with van der Waals surface area (Å²) >= 11 is 0. The maximum absolute atomic E-state index is 13.2. The van der Waals surface area contributed by atoms with Crippen molar-refractivity contribution in [2.75, 3.05) is 13.1 Å². The van der Waals surface area contributed by atoms with Crippen LogP contribution >= 0.6 is 0 Å². The largest absolute Gasteiger partial charge is 0.316 e. The van der Waals surface area contributed by atoms with Gasteiger partial charge in [0.15, 0.2) is 0 Å². The van der Waals surface area contributed by atoms with Gasteiger partial charge in [0.2, 0.25) is 0 Å². The molecule has 1 nitrogen and oxygen atoms in total. The molecule has 1 rings (SSSR count). The van der Waals surface area contributed by atoms with Gasteiger partial charge in [-0.15, -0.1) is 0 Å². The topological polar surface area (TPSA) is 12.0 Å². The second-order valence-electron chi connectivity index (χ2n) is 5.74. The van der Waals surface area contributed by atoms with Crippen LogP contribution in [0.25, 0.3) is 0 Å². The Morgan fingerprint density at radius 1 is 1.29 bits per heavy atom. The minimum atomic E-state index is -0.147. The predicted molar refractivity (Wildman–Crippen MR) is 71.8 cm³/mol. The third kappa shape index (κ3) is 4.86. The number of hydrogen-bond acceptors (Lipinski definition) is 1. The monoisotopic (exact) mass is 237 g/mol. The Bertz CT molecular complexity index is 345. The molecule has 0 aromatic heterocycles. The van der Waals surface area contributed by atoms with Gasteiger partial charge >= 0.3 is 0 Å². The van der Waals surface area contributed by atoms with E-state index in [1.54, 1.807) is 12.1 Å². The zero-order chi connectivity index (χ0) is 12.9. The molecule has 0 saturated heterocycles. The molecular formula is C15H24FN. The van der Waals surface area contributed by atoms with Gasteiger partial charge < -0.3 is 5.32 Å². The van der Waals surface area contributed by atoms with Crippen molar-refractivity contribution in [2.45, 2.75) is 39.5 Å². The molecule has 2 heteroatoms. The number of hydrogen-bond donors (Lipinski definition) is 1. The highest BCUT2D eigenvalue weighted by molar-refractivity contribution is 5.24. The summed E-state index contributed by atoms with van der Waals surface area (Å²) in [5, 5.41) is 3.43. The fraction of sp³-hybridized carbons (Fsp3) is 0.600. The molecule has 0 unspecified atom stereocenters. The van der Waals surface area contributed by atoms with E-state index in [0.29, 0.717) is 5.92 Å². The Hall–Kier alpha value is -0.890. The SMILES string of the molecule is CC(C)CNCCC(C)(C)c1cccc(F)c1. The summed E-state index contributed by atoms with van der Waals surface area (Å²) in [6, 6.07) is 6.93. The molecule has 0 aliphatic heterocycles. The standard InChI is InChI=1S/C15H24FN/c1-12(2)11-17-9-8-15(3,4)13-6-5-7-14(16)10-13/h5-7,10,12,17H,8-9,11H2,1-4H3. The van der Waals surface area contributed by atoms with E-state index in [0.717, 1.165) is 25.1 Å². The zero-order valence-electron chi connectivity index (χ0n) is 11.4. The van der Waals surface area contributed by atoms with E-state index in [4.69, 9.17) is 0 Å². The normalized spacial score (nSPS) is 12.1. The summed E-state index contributed by atoms with van der Waals surface area (Å²) < 4.78 is 13.2. The predicted octanol–water partition coefficient (Wildman–Crippen LogP) is 3.74. The third-order valence-electron chi connectivity index (χ3n) is 3.09. The van der Waals surface area contributed by atoms with Crippen LogP contribution in [0.3, 0.4) is 0 Å². The van der Waals surface area contributed by atoms with Gasteiger partial charge in [-0.2, -0.15) is 0 Å². The van der Waals surface area contributed by atoms with E-state index in [9.17, 15) is 4.39 Å². The summed E-state index contributed by atoms with van der Waals surface area (Å²) in [5.41, 5.74) is 1.09. The lowest BCUT2D eigenvalue weighted by atomic mass is 9.81. The Kier molecular flexibility index (Phi) is 5.13. The minimum Gasteiger partial charge on any atom is -0.316 e. The van der Waals surface area contributed by atoms with Crippen LogP contribution in [-0.2, 0) is 5.41 Å². The average molecular weight is 237 g/mol. The van der Waals surface area contributed by atoms with Crippen molar-refractivity contribution in [3.05, 3.63) is 35.6 Å². The van der Waals surface area contributed by atoms with Crippen LogP contribution in [0.15, 0.2) is 24.3 Å². The Labute approximate surface area is 104 Å². The first-order chi connectivity index (χ1) is 7.92. The molecule has 0 amide bonds. The van der Waals surface area contributed by atoms with E-state index >= 15 is 0 Å². The second kappa shape index (κ2) is 6.15.